The molecule has 2 aromatic rings. The Morgan fingerprint density at radius 1 is 1.41 bits per heavy atom. The number of fused-ring (bicyclic) bond motifs is 1. The van der Waals surface area contributed by atoms with Crippen molar-refractivity contribution in [2.45, 2.75) is 0 Å². The maximum Gasteiger partial charge on any atom is 0.211 e. The minimum atomic E-state index is -0.112. The van der Waals surface area contributed by atoms with Gasteiger partial charge in [-0.05, 0) is 24.4 Å². The average Bonchev–Trinajstić information content (AvgIpc) is 2.52. The fourth-order valence-electron chi connectivity index (χ4n) is 1.42. The van der Waals surface area contributed by atoms with Crippen LogP contribution in [0.25, 0.3) is 10.8 Å². The lowest BCUT2D eigenvalue weighted by atomic mass is 10.2. The number of nitrogens with two attached hydrogens (primary N) is 1. The molecule has 1 aromatic carbocycles. The van der Waals surface area contributed by atoms with E-state index in [9.17, 15) is 5.11 Å². The van der Waals surface area contributed by atoms with Gasteiger partial charge < -0.3 is 15.8 Å². The number of nitrogens with one attached hydrogen (secondary N) is 1. The number of nitrogens with zero attached hydrogens (tertiary/aromatic N) is 2. The number of H-pyrrole nitrogens is 1. The summed E-state index contributed by atoms with van der Waals surface area (Å²) in [6, 6.07) is 3.13. The average molecular weight is 289 g/mol. The first-order valence-corrected chi connectivity index (χ1v) is 5.56. The van der Waals surface area contributed by atoms with Crippen molar-refractivity contribution in [2.24, 2.45) is 16.0 Å². The fraction of sp³-hybridized carbons (Fsp3) is 0. The Bertz CT molecular complexity index is 637. The van der Waals surface area contributed by atoms with Crippen LogP contribution in [0.3, 0.4) is 0 Å². The number of rotatable bonds is 1. The molecule has 1 aromatic heterocycles. The molecule has 0 amide bonds. The summed E-state index contributed by atoms with van der Waals surface area (Å²) in [4.78, 5) is 2.61. The van der Waals surface area contributed by atoms with Crippen molar-refractivity contribution in [3.05, 3.63) is 22.2 Å². The maximum atomic E-state index is 9.68. The van der Waals surface area contributed by atoms with Gasteiger partial charge in [-0.2, -0.15) is 0 Å². The van der Waals surface area contributed by atoms with Crippen LogP contribution >= 0.6 is 35.4 Å². The fourth-order valence-corrected chi connectivity index (χ4v) is 2.04. The largest absolute Gasteiger partial charge is 0.494 e. The lowest BCUT2D eigenvalue weighted by molar-refractivity contribution is 0.463. The van der Waals surface area contributed by atoms with E-state index < -0.39 is 0 Å². The highest BCUT2D eigenvalue weighted by atomic mass is 35.5. The van der Waals surface area contributed by atoms with Crippen molar-refractivity contribution in [2.75, 3.05) is 0 Å². The van der Waals surface area contributed by atoms with Crippen molar-refractivity contribution in [1.29, 1.82) is 0 Å². The second-order valence-electron chi connectivity index (χ2n) is 3.17. The molecule has 0 aliphatic heterocycles. The lowest BCUT2D eigenvalue weighted by Crippen LogP contribution is -2.01. The van der Waals surface area contributed by atoms with Gasteiger partial charge in [0.25, 0.3) is 0 Å². The minimum absolute atomic E-state index is 0.111. The zero-order valence-electron chi connectivity index (χ0n) is 8.24. The molecular formula is C9H6Cl2N4OS. The van der Waals surface area contributed by atoms with Gasteiger partial charge in [-0.15, -0.1) is 10.2 Å². The molecule has 0 atom stereocenters. The van der Waals surface area contributed by atoms with Crippen molar-refractivity contribution in [3.8, 4) is 5.88 Å². The summed E-state index contributed by atoms with van der Waals surface area (Å²) in [5, 5.41) is 18.6. The van der Waals surface area contributed by atoms with Crippen LogP contribution in [0.5, 0.6) is 5.88 Å². The molecule has 0 saturated carbocycles. The molecule has 4 N–H and O–H groups in total. The van der Waals surface area contributed by atoms with E-state index in [1.165, 1.54) is 6.07 Å². The van der Waals surface area contributed by atoms with Gasteiger partial charge in [-0.1, -0.05) is 23.2 Å². The molecule has 1 heterocycles. The molecule has 0 aliphatic rings. The Labute approximate surface area is 111 Å². The number of hydrogen-bond donors (Lipinski definition) is 3. The summed E-state index contributed by atoms with van der Waals surface area (Å²) in [6.45, 7) is 0. The van der Waals surface area contributed by atoms with Crippen LogP contribution in [0, 0.1) is 0 Å². The molecular weight excluding hydrogens is 283 g/mol. The van der Waals surface area contributed by atoms with E-state index in [-0.39, 0.29) is 16.8 Å². The molecule has 0 fully saturated rings. The van der Waals surface area contributed by atoms with Gasteiger partial charge in [0.15, 0.2) is 11.7 Å². The predicted molar refractivity (Wildman–Crippen MR) is 71.3 cm³/mol. The Morgan fingerprint density at radius 3 is 2.76 bits per heavy atom. The standard InChI is InChI=1S/C9H6Cl2N4OS/c10-3-1-4-6(5(11)2-3)8(16)13-7(4)14-15-9(12)17/h1-2,13,16H,(H2,12,17). The van der Waals surface area contributed by atoms with Crippen LogP contribution in [-0.2, 0) is 0 Å². The monoisotopic (exact) mass is 288 g/mol. The Balaban J connectivity index is 2.70. The number of thiocarbonyl (C=S) groups is 1. The van der Waals surface area contributed by atoms with E-state index >= 15 is 0 Å². The molecule has 0 saturated heterocycles. The molecule has 5 nitrogen and oxygen atoms in total. The maximum absolute atomic E-state index is 9.68. The van der Waals surface area contributed by atoms with E-state index in [0.29, 0.717) is 20.8 Å². The first kappa shape index (κ1) is 12.1. The second-order valence-corrected chi connectivity index (χ2v) is 4.43. The number of hydrogen-bond acceptors (Lipinski definition) is 3. The van der Waals surface area contributed by atoms with Crippen LogP contribution in [0.15, 0.2) is 22.4 Å². The number of halogens is 2. The Morgan fingerprint density at radius 2 is 2.12 bits per heavy atom. The quantitative estimate of drug-likeness (QED) is 0.554. The van der Waals surface area contributed by atoms with Crippen LogP contribution < -0.4 is 5.73 Å². The molecule has 0 spiro atoms. The second kappa shape index (κ2) is 4.48. The third-order valence-corrected chi connectivity index (χ3v) is 2.63. The van der Waals surface area contributed by atoms with Crippen molar-refractivity contribution in [1.82, 2.24) is 4.98 Å². The summed E-state index contributed by atoms with van der Waals surface area (Å²) in [6.07, 6.45) is 0. The zero-order valence-corrected chi connectivity index (χ0v) is 10.6. The summed E-state index contributed by atoms with van der Waals surface area (Å²) < 4.78 is 0. The summed E-state index contributed by atoms with van der Waals surface area (Å²) >= 11 is 16.4. The van der Waals surface area contributed by atoms with Gasteiger partial charge in [0.05, 0.1) is 10.4 Å². The number of aromatic amines is 1. The van der Waals surface area contributed by atoms with Gasteiger partial charge in [0.1, 0.15) is 0 Å². The Hall–Kier alpha value is -1.37. The zero-order chi connectivity index (χ0) is 12.6. The van der Waals surface area contributed by atoms with E-state index in [0.717, 1.165) is 0 Å². The first-order valence-electron chi connectivity index (χ1n) is 4.40. The molecule has 2 rings (SSSR count). The lowest BCUT2D eigenvalue weighted by Gasteiger charge is -1.96. The van der Waals surface area contributed by atoms with Gasteiger partial charge in [-0.3, -0.25) is 0 Å². The van der Waals surface area contributed by atoms with Crippen LogP contribution in [-0.4, -0.2) is 15.2 Å². The third kappa shape index (κ3) is 2.33. The summed E-state index contributed by atoms with van der Waals surface area (Å²) in [5.41, 5.74) is 5.19. The predicted octanol–water partition coefficient (Wildman–Crippen LogP) is 3.51. The highest BCUT2D eigenvalue weighted by molar-refractivity contribution is 7.80. The molecule has 0 aliphatic carbocycles. The SMILES string of the molecule is NC(=S)N=Nc1[nH]c(O)c2c(Cl)cc(Cl)cc12. The van der Waals surface area contributed by atoms with Crippen LogP contribution in [0.2, 0.25) is 10.0 Å². The van der Waals surface area contributed by atoms with Gasteiger partial charge >= 0.3 is 0 Å². The molecule has 0 radical (unpaired) electrons. The van der Waals surface area contributed by atoms with Crippen molar-refractivity contribution >= 4 is 57.1 Å². The smallest absolute Gasteiger partial charge is 0.211 e. The Kier molecular flexibility index (Phi) is 3.19. The third-order valence-electron chi connectivity index (χ3n) is 2.03. The highest BCUT2D eigenvalue weighted by Gasteiger charge is 2.13. The van der Waals surface area contributed by atoms with Crippen molar-refractivity contribution < 1.29 is 5.11 Å². The van der Waals surface area contributed by atoms with Crippen LogP contribution in [0.1, 0.15) is 0 Å². The topological polar surface area (TPSA) is 86.8 Å². The van der Waals surface area contributed by atoms with Gasteiger partial charge in [0.2, 0.25) is 5.11 Å². The molecule has 88 valence electrons. The van der Waals surface area contributed by atoms with Gasteiger partial charge in [0, 0.05) is 10.4 Å². The van der Waals surface area contributed by atoms with E-state index in [2.05, 4.69) is 27.4 Å². The molecule has 0 unspecified atom stereocenters. The number of benzene rings is 1. The number of azo groups is 1. The minimum Gasteiger partial charge on any atom is -0.494 e. The van der Waals surface area contributed by atoms with Crippen molar-refractivity contribution in [3.63, 3.8) is 0 Å². The van der Waals surface area contributed by atoms with E-state index in [1.807, 2.05) is 0 Å². The number of aromatic hydroxyl groups is 1. The molecule has 0 bridgehead atoms. The summed E-state index contributed by atoms with van der Waals surface area (Å²) in [7, 11) is 0. The normalized spacial score (nSPS) is 11.4. The van der Waals surface area contributed by atoms with Gasteiger partial charge in [-0.25, -0.2) is 0 Å². The highest BCUT2D eigenvalue weighted by Crippen LogP contribution is 2.39. The summed E-state index contributed by atoms with van der Waals surface area (Å²) in [5.74, 6) is 0.174. The van der Waals surface area contributed by atoms with E-state index in [1.54, 1.807) is 6.07 Å². The van der Waals surface area contributed by atoms with E-state index in [4.69, 9.17) is 28.9 Å². The molecule has 17 heavy (non-hydrogen) atoms. The number of aromatic nitrogens is 1. The van der Waals surface area contributed by atoms with Crippen LogP contribution in [0.4, 0.5) is 5.82 Å². The molecule has 8 heteroatoms. The first-order chi connectivity index (χ1) is 7.99.